The maximum absolute atomic E-state index is 4.51. The van der Waals surface area contributed by atoms with E-state index < -0.39 is 0 Å². The van der Waals surface area contributed by atoms with Gasteiger partial charge in [0.15, 0.2) is 0 Å². The average Bonchev–Trinajstić information content (AvgIpc) is 2.97. The van der Waals surface area contributed by atoms with Gasteiger partial charge in [-0.1, -0.05) is 13.8 Å². The smallest absolute Gasteiger partial charge is 0.0797 e. The number of thiophene rings is 1. The molecule has 0 aliphatic rings. The second-order valence-electron chi connectivity index (χ2n) is 4.45. The summed E-state index contributed by atoms with van der Waals surface area (Å²) in [6, 6.07) is 6.90. The third kappa shape index (κ3) is 3.21. The van der Waals surface area contributed by atoms with Crippen LogP contribution in [0.15, 0.2) is 24.4 Å². The standard InChI is InChI=1S/C14H21N3S/c1-4-11-6-7-12(18-11)10-14(15-5-2)13-8-9-17(3)16-13/h6-9,14-15H,4-5,10H2,1-3H3. The van der Waals surface area contributed by atoms with Crippen LogP contribution in [0, 0.1) is 0 Å². The molecule has 2 heterocycles. The number of aryl methyl sites for hydroxylation is 2. The van der Waals surface area contributed by atoms with Crippen molar-refractivity contribution >= 4 is 11.3 Å². The average molecular weight is 263 g/mol. The Morgan fingerprint density at radius 3 is 2.61 bits per heavy atom. The van der Waals surface area contributed by atoms with E-state index in [9.17, 15) is 0 Å². The number of rotatable bonds is 6. The summed E-state index contributed by atoms with van der Waals surface area (Å²) in [5.74, 6) is 0. The van der Waals surface area contributed by atoms with Crippen molar-refractivity contribution in [1.29, 1.82) is 0 Å². The van der Waals surface area contributed by atoms with Crippen molar-refractivity contribution in [3.05, 3.63) is 39.8 Å². The van der Waals surface area contributed by atoms with E-state index in [0.717, 1.165) is 25.1 Å². The van der Waals surface area contributed by atoms with Crippen molar-refractivity contribution in [1.82, 2.24) is 15.1 Å². The fourth-order valence-electron chi connectivity index (χ4n) is 2.07. The normalized spacial score (nSPS) is 12.8. The van der Waals surface area contributed by atoms with Crippen molar-refractivity contribution in [2.75, 3.05) is 6.54 Å². The highest BCUT2D eigenvalue weighted by atomic mass is 32.1. The van der Waals surface area contributed by atoms with Crippen LogP contribution in [0.4, 0.5) is 0 Å². The molecule has 3 nitrogen and oxygen atoms in total. The first-order valence-corrected chi connectivity index (χ1v) is 7.35. The van der Waals surface area contributed by atoms with E-state index in [2.05, 4.69) is 42.5 Å². The highest BCUT2D eigenvalue weighted by Crippen LogP contribution is 2.23. The summed E-state index contributed by atoms with van der Waals surface area (Å²) < 4.78 is 1.87. The molecule has 2 aromatic rings. The molecule has 0 spiro atoms. The van der Waals surface area contributed by atoms with E-state index in [1.807, 2.05) is 29.3 Å². The van der Waals surface area contributed by atoms with Crippen molar-refractivity contribution in [2.24, 2.45) is 7.05 Å². The summed E-state index contributed by atoms with van der Waals surface area (Å²) >= 11 is 1.91. The topological polar surface area (TPSA) is 29.9 Å². The van der Waals surface area contributed by atoms with Crippen LogP contribution in [-0.4, -0.2) is 16.3 Å². The maximum Gasteiger partial charge on any atom is 0.0797 e. The van der Waals surface area contributed by atoms with Crippen LogP contribution in [0.3, 0.4) is 0 Å². The Morgan fingerprint density at radius 1 is 1.28 bits per heavy atom. The van der Waals surface area contributed by atoms with Gasteiger partial charge in [-0.05, 0) is 31.2 Å². The Bertz CT molecular complexity index is 487. The minimum absolute atomic E-state index is 0.319. The summed E-state index contributed by atoms with van der Waals surface area (Å²) in [7, 11) is 1.97. The molecule has 4 heteroatoms. The van der Waals surface area contributed by atoms with Gasteiger partial charge >= 0.3 is 0 Å². The summed E-state index contributed by atoms with van der Waals surface area (Å²) in [6.45, 7) is 5.31. The van der Waals surface area contributed by atoms with Crippen LogP contribution >= 0.6 is 11.3 Å². The Labute approximate surface area is 113 Å². The van der Waals surface area contributed by atoms with Crippen LogP contribution in [0.5, 0.6) is 0 Å². The molecule has 0 aliphatic carbocycles. The molecule has 0 amide bonds. The molecule has 1 N–H and O–H groups in total. The van der Waals surface area contributed by atoms with E-state index in [4.69, 9.17) is 0 Å². The van der Waals surface area contributed by atoms with Crippen molar-refractivity contribution < 1.29 is 0 Å². The molecule has 18 heavy (non-hydrogen) atoms. The zero-order chi connectivity index (χ0) is 13.0. The number of likely N-dealkylation sites (N-methyl/N-ethyl adjacent to an activating group) is 1. The predicted octanol–water partition coefficient (Wildman–Crippen LogP) is 2.94. The molecule has 0 radical (unpaired) electrons. The lowest BCUT2D eigenvalue weighted by atomic mass is 10.1. The van der Waals surface area contributed by atoms with Gasteiger partial charge in [0.1, 0.15) is 0 Å². The van der Waals surface area contributed by atoms with Gasteiger partial charge in [0, 0.05) is 29.4 Å². The number of nitrogens with zero attached hydrogens (tertiary/aromatic N) is 2. The SMILES string of the molecule is CCNC(Cc1ccc(CC)s1)c1ccn(C)n1. The molecule has 0 saturated heterocycles. The molecule has 1 unspecified atom stereocenters. The number of hydrogen-bond donors (Lipinski definition) is 1. The molecule has 0 aromatic carbocycles. The molecule has 0 saturated carbocycles. The van der Waals surface area contributed by atoms with Gasteiger partial charge < -0.3 is 5.32 Å². The van der Waals surface area contributed by atoms with Crippen LogP contribution in [0.1, 0.15) is 35.3 Å². The minimum Gasteiger partial charge on any atom is -0.309 e. The van der Waals surface area contributed by atoms with Crippen molar-refractivity contribution in [3.8, 4) is 0 Å². The molecule has 1 atom stereocenters. The van der Waals surface area contributed by atoms with E-state index >= 15 is 0 Å². The molecular weight excluding hydrogens is 242 g/mol. The molecule has 0 fully saturated rings. The van der Waals surface area contributed by atoms with Crippen molar-refractivity contribution in [2.45, 2.75) is 32.7 Å². The van der Waals surface area contributed by atoms with Gasteiger partial charge in [-0.3, -0.25) is 4.68 Å². The van der Waals surface area contributed by atoms with E-state index in [-0.39, 0.29) is 0 Å². The second-order valence-corrected chi connectivity index (χ2v) is 5.70. The largest absolute Gasteiger partial charge is 0.309 e. The molecule has 0 bridgehead atoms. The Balaban J connectivity index is 2.10. The number of aromatic nitrogens is 2. The Hall–Kier alpha value is -1.13. The zero-order valence-electron chi connectivity index (χ0n) is 11.3. The highest BCUT2D eigenvalue weighted by molar-refractivity contribution is 7.11. The minimum atomic E-state index is 0.319. The quantitative estimate of drug-likeness (QED) is 0.868. The Morgan fingerprint density at radius 2 is 2.06 bits per heavy atom. The third-order valence-corrected chi connectivity index (χ3v) is 4.26. The molecule has 98 valence electrons. The van der Waals surface area contributed by atoms with Crippen LogP contribution < -0.4 is 5.32 Å². The summed E-state index contributed by atoms with van der Waals surface area (Å²) in [4.78, 5) is 2.89. The lowest BCUT2D eigenvalue weighted by Crippen LogP contribution is -2.23. The van der Waals surface area contributed by atoms with Crippen LogP contribution in [0.2, 0.25) is 0 Å². The third-order valence-electron chi connectivity index (χ3n) is 3.01. The first-order chi connectivity index (χ1) is 8.72. The van der Waals surface area contributed by atoms with Gasteiger partial charge in [-0.15, -0.1) is 11.3 Å². The van der Waals surface area contributed by atoms with E-state index in [1.165, 1.54) is 9.75 Å². The van der Waals surface area contributed by atoms with Gasteiger partial charge in [-0.25, -0.2) is 0 Å². The van der Waals surface area contributed by atoms with E-state index in [1.54, 1.807) is 0 Å². The van der Waals surface area contributed by atoms with Gasteiger partial charge in [0.25, 0.3) is 0 Å². The first kappa shape index (κ1) is 13.3. The number of hydrogen-bond acceptors (Lipinski definition) is 3. The fraction of sp³-hybridized carbons (Fsp3) is 0.500. The van der Waals surface area contributed by atoms with Gasteiger partial charge in [0.2, 0.25) is 0 Å². The molecular formula is C14H21N3S. The fourth-order valence-corrected chi connectivity index (χ4v) is 3.07. The summed E-state index contributed by atoms with van der Waals surface area (Å²) in [5.41, 5.74) is 1.13. The second kappa shape index (κ2) is 6.16. The number of nitrogens with one attached hydrogen (secondary N) is 1. The zero-order valence-corrected chi connectivity index (χ0v) is 12.1. The van der Waals surface area contributed by atoms with Gasteiger partial charge in [-0.2, -0.15) is 5.10 Å². The van der Waals surface area contributed by atoms with Crippen LogP contribution in [0.25, 0.3) is 0 Å². The summed E-state index contributed by atoms with van der Waals surface area (Å²) in [6.07, 6.45) is 4.15. The van der Waals surface area contributed by atoms with Gasteiger partial charge in [0.05, 0.1) is 11.7 Å². The Kier molecular flexibility index (Phi) is 4.55. The maximum atomic E-state index is 4.51. The van der Waals surface area contributed by atoms with Crippen molar-refractivity contribution in [3.63, 3.8) is 0 Å². The first-order valence-electron chi connectivity index (χ1n) is 6.53. The monoisotopic (exact) mass is 263 g/mol. The van der Waals surface area contributed by atoms with Crippen LogP contribution in [-0.2, 0) is 19.9 Å². The summed E-state index contributed by atoms with van der Waals surface area (Å²) in [5, 5.41) is 8.03. The van der Waals surface area contributed by atoms with E-state index in [0.29, 0.717) is 6.04 Å². The predicted molar refractivity (Wildman–Crippen MR) is 77.0 cm³/mol. The molecule has 2 aromatic heterocycles. The lowest BCUT2D eigenvalue weighted by Gasteiger charge is -2.14. The molecule has 2 rings (SSSR count). The molecule has 0 aliphatic heterocycles. The lowest BCUT2D eigenvalue weighted by molar-refractivity contribution is 0.531. The highest BCUT2D eigenvalue weighted by Gasteiger charge is 2.14.